The zero-order valence-electron chi connectivity index (χ0n) is 13.6. The number of primary amides is 1. The van der Waals surface area contributed by atoms with Gasteiger partial charge >= 0.3 is 6.36 Å². The van der Waals surface area contributed by atoms with Gasteiger partial charge in [0.25, 0.3) is 0 Å². The number of halogens is 3. The van der Waals surface area contributed by atoms with E-state index in [0.717, 1.165) is 12.1 Å². The monoisotopic (exact) mass is 367 g/mol. The number of nitrogens with two attached hydrogens (primary N) is 1. The fourth-order valence-electron chi connectivity index (χ4n) is 2.04. The number of ether oxygens (including phenoxy) is 1. The SMILES string of the molecule is C[C@@H](Nc1ccc(C(N)=O)cc1)C(=O)Nc1ccc(OC(F)(F)F)cc1. The number of rotatable bonds is 6. The van der Waals surface area contributed by atoms with Gasteiger partial charge in [-0.15, -0.1) is 13.2 Å². The first kappa shape index (κ1) is 19.1. The first-order valence-corrected chi connectivity index (χ1v) is 7.47. The molecule has 2 rings (SSSR count). The van der Waals surface area contributed by atoms with Crippen molar-refractivity contribution in [3.05, 3.63) is 54.1 Å². The summed E-state index contributed by atoms with van der Waals surface area (Å²) in [4.78, 5) is 23.2. The number of anilines is 2. The van der Waals surface area contributed by atoms with Gasteiger partial charge in [-0.3, -0.25) is 9.59 Å². The molecular weight excluding hydrogens is 351 g/mol. The predicted molar refractivity (Wildman–Crippen MR) is 89.8 cm³/mol. The molecule has 26 heavy (non-hydrogen) atoms. The van der Waals surface area contributed by atoms with Crippen LogP contribution in [0.5, 0.6) is 5.75 Å². The largest absolute Gasteiger partial charge is 0.573 e. The Bertz CT molecular complexity index is 775. The second-order valence-electron chi connectivity index (χ2n) is 5.37. The summed E-state index contributed by atoms with van der Waals surface area (Å²) in [7, 11) is 0. The van der Waals surface area contributed by atoms with Gasteiger partial charge < -0.3 is 21.1 Å². The molecule has 9 heteroatoms. The number of hydrogen-bond donors (Lipinski definition) is 3. The molecule has 0 unspecified atom stereocenters. The van der Waals surface area contributed by atoms with E-state index in [4.69, 9.17) is 5.73 Å². The van der Waals surface area contributed by atoms with Crippen molar-refractivity contribution in [1.82, 2.24) is 0 Å². The number of benzene rings is 2. The van der Waals surface area contributed by atoms with Gasteiger partial charge in [0.2, 0.25) is 11.8 Å². The van der Waals surface area contributed by atoms with Crippen LogP contribution < -0.4 is 21.1 Å². The van der Waals surface area contributed by atoms with E-state index in [9.17, 15) is 22.8 Å². The second kappa shape index (κ2) is 7.77. The summed E-state index contributed by atoms with van der Waals surface area (Å²) in [5, 5.41) is 5.50. The van der Waals surface area contributed by atoms with Crippen LogP contribution in [0.2, 0.25) is 0 Å². The Hall–Kier alpha value is -3.23. The zero-order valence-corrected chi connectivity index (χ0v) is 13.6. The minimum Gasteiger partial charge on any atom is -0.406 e. The molecule has 0 saturated heterocycles. The predicted octanol–water partition coefficient (Wildman–Crippen LogP) is 3.12. The molecule has 4 N–H and O–H groups in total. The number of carbonyl (C=O) groups is 2. The summed E-state index contributed by atoms with van der Waals surface area (Å²) < 4.78 is 40.1. The van der Waals surface area contributed by atoms with Crippen LogP contribution in [0.15, 0.2) is 48.5 Å². The fourth-order valence-corrected chi connectivity index (χ4v) is 2.04. The normalized spacial score (nSPS) is 12.2. The molecule has 0 saturated carbocycles. The van der Waals surface area contributed by atoms with Gasteiger partial charge in [0, 0.05) is 16.9 Å². The van der Waals surface area contributed by atoms with Crippen molar-refractivity contribution in [1.29, 1.82) is 0 Å². The topological polar surface area (TPSA) is 93.5 Å². The van der Waals surface area contributed by atoms with Crippen LogP contribution in [-0.2, 0) is 4.79 Å². The molecule has 0 bridgehead atoms. The molecule has 2 aromatic carbocycles. The Morgan fingerprint density at radius 3 is 2.04 bits per heavy atom. The minimum atomic E-state index is -4.77. The van der Waals surface area contributed by atoms with Crippen molar-refractivity contribution in [3.8, 4) is 5.75 Å². The van der Waals surface area contributed by atoms with E-state index >= 15 is 0 Å². The number of nitrogens with one attached hydrogen (secondary N) is 2. The highest BCUT2D eigenvalue weighted by Gasteiger charge is 2.31. The summed E-state index contributed by atoms with van der Waals surface area (Å²) in [6.45, 7) is 1.61. The van der Waals surface area contributed by atoms with E-state index in [1.807, 2.05) is 0 Å². The summed E-state index contributed by atoms with van der Waals surface area (Å²) in [5.74, 6) is -1.33. The standard InChI is InChI=1S/C17H16F3N3O3/c1-10(22-12-4-2-11(3-5-12)15(21)24)16(25)23-13-6-8-14(9-7-13)26-17(18,19)20/h2-10,22H,1H3,(H2,21,24)(H,23,25)/t10-/m1/s1. The van der Waals surface area contributed by atoms with Crippen molar-refractivity contribution in [2.45, 2.75) is 19.3 Å². The van der Waals surface area contributed by atoms with Gasteiger partial charge in [0.05, 0.1) is 0 Å². The zero-order chi connectivity index (χ0) is 19.3. The van der Waals surface area contributed by atoms with Gasteiger partial charge in [-0.2, -0.15) is 0 Å². The molecule has 2 amide bonds. The van der Waals surface area contributed by atoms with Crippen LogP contribution in [0.4, 0.5) is 24.5 Å². The molecule has 0 radical (unpaired) electrons. The maximum Gasteiger partial charge on any atom is 0.573 e. The lowest BCUT2D eigenvalue weighted by Gasteiger charge is -2.16. The van der Waals surface area contributed by atoms with E-state index in [1.54, 1.807) is 19.1 Å². The minimum absolute atomic E-state index is 0.322. The molecule has 0 aliphatic rings. The summed E-state index contributed by atoms with van der Waals surface area (Å²) in [5.41, 5.74) is 6.42. The molecule has 0 heterocycles. The molecule has 1 atom stereocenters. The average molecular weight is 367 g/mol. The first-order chi connectivity index (χ1) is 12.1. The number of hydrogen-bond acceptors (Lipinski definition) is 4. The Morgan fingerprint density at radius 1 is 1.00 bits per heavy atom. The van der Waals surface area contributed by atoms with Gasteiger partial charge in [-0.05, 0) is 55.5 Å². The van der Waals surface area contributed by atoms with E-state index in [-0.39, 0.29) is 5.75 Å². The van der Waals surface area contributed by atoms with Gasteiger partial charge in [-0.25, -0.2) is 0 Å². The number of alkyl halides is 3. The van der Waals surface area contributed by atoms with Crippen molar-refractivity contribution < 1.29 is 27.5 Å². The molecule has 2 aromatic rings. The number of amides is 2. The molecule has 0 aliphatic carbocycles. The molecule has 0 spiro atoms. The van der Waals surface area contributed by atoms with Gasteiger partial charge in [0.15, 0.2) is 0 Å². The smallest absolute Gasteiger partial charge is 0.406 e. The quantitative estimate of drug-likeness (QED) is 0.731. The molecule has 6 nitrogen and oxygen atoms in total. The van der Waals surface area contributed by atoms with E-state index in [1.165, 1.54) is 24.3 Å². The van der Waals surface area contributed by atoms with Crippen molar-refractivity contribution in [2.24, 2.45) is 5.73 Å². The van der Waals surface area contributed by atoms with Crippen LogP contribution in [0.25, 0.3) is 0 Å². The van der Waals surface area contributed by atoms with Crippen LogP contribution in [0, 0.1) is 0 Å². The molecule has 138 valence electrons. The molecular formula is C17H16F3N3O3. The third kappa shape index (κ3) is 5.69. The first-order valence-electron chi connectivity index (χ1n) is 7.47. The summed E-state index contributed by atoms with van der Waals surface area (Å²) >= 11 is 0. The van der Waals surface area contributed by atoms with E-state index in [2.05, 4.69) is 15.4 Å². The number of carbonyl (C=O) groups excluding carboxylic acids is 2. The Morgan fingerprint density at radius 2 is 1.54 bits per heavy atom. The van der Waals surface area contributed by atoms with Crippen LogP contribution in [-0.4, -0.2) is 24.2 Å². The lowest BCUT2D eigenvalue weighted by molar-refractivity contribution is -0.274. The Kier molecular flexibility index (Phi) is 5.71. The third-order valence-corrected chi connectivity index (χ3v) is 3.30. The molecule has 0 aliphatic heterocycles. The average Bonchev–Trinajstić information content (AvgIpc) is 2.55. The Balaban J connectivity index is 1.93. The van der Waals surface area contributed by atoms with Crippen molar-refractivity contribution >= 4 is 23.2 Å². The van der Waals surface area contributed by atoms with E-state index < -0.39 is 24.2 Å². The highest BCUT2D eigenvalue weighted by molar-refractivity contribution is 5.96. The van der Waals surface area contributed by atoms with Crippen molar-refractivity contribution in [3.63, 3.8) is 0 Å². The lowest BCUT2D eigenvalue weighted by Crippen LogP contribution is -2.31. The van der Waals surface area contributed by atoms with Gasteiger partial charge in [-0.1, -0.05) is 0 Å². The van der Waals surface area contributed by atoms with Crippen LogP contribution in [0.3, 0.4) is 0 Å². The van der Waals surface area contributed by atoms with Gasteiger partial charge in [0.1, 0.15) is 11.8 Å². The van der Waals surface area contributed by atoms with Crippen molar-refractivity contribution in [2.75, 3.05) is 10.6 Å². The maximum absolute atomic E-state index is 12.1. The molecule has 0 aromatic heterocycles. The van der Waals surface area contributed by atoms with Crippen LogP contribution in [0.1, 0.15) is 17.3 Å². The summed E-state index contributed by atoms with van der Waals surface area (Å²) in [6, 6.07) is 10.4. The summed E-state index contributed by atoms with van der Waals surface area (Å²) in [6.07, 6.45) is -4.77. The highest BCUT2D eigenvalue weighted by Crippen LogP contribution is 2.24. The Labute approximate surface area is 147 Å². The second-order valence-corrected chi connectivity index (χ2v) is 5.37. The fraction of sp³-hybridized carbons (Fsp3) is 0.176. The molecule has 0 fully saturated rings. The highest BCUT2D eigenvalue weighted by atomic mass is 19.4. The maximum atomic E-state index is 12.1. The lowest BCUT2D eigenvalue weighted by atomic mass is 10.2. The van der Waals surface area contributed by atoms with E-state index in [0.29, 0.717) is 16.9 Å². The van der Waals surface area contributed by atoms with Crippen LogP contribution >= 0.6 is 0 Å². The third-order valence-electron chi connectivity index (χ3n) is 3.30.